The van der Waals surface area contributed by atoms with Crippen LogP contribution >= 0.6 is 0 Å². The fourth-order valence-electron chi connectivity index (χ4n) is 3.29. The summed E-state index contributed by atoms with van der Waals surface area (Å²) in [6, 6.07) is 13.6. The summed E-state index contributed by atoms with van der Waals surface area (Å²) >= 11 is 0. The number of carbonyl (C=O) groups excluding carboxylic acids is 2. The van der Waals surface area contributed by atoms with Crippen molar-refractivity contribution in [2.75, 3.05) is 0 Å². The Morgan fingerprint density at radius 3 is 2.40 bits per heavy atom. The molecule has 3 rings (SSSR count). The third-order valence-electron chi connectivity index (χ3n) is 4.77. The van der Waals surface area contributed by atoms with Gasteiger partial charge in [0.25, 0.3) is 5.56 Å². The lowest BCUT2D eigenvalue weighted by molar-refractivity contribution is -0.308. The van der Waals surface area contributed by atoms with Gasteiger partial charge in [0.2, 0.25) is 5.91 Å². The Kier molecular flexibility index (Phi) is 6.56. The fraction of sp³-hybridized carbons (Fsp3) is 0.318. The van der Waals surface area contributed by atoms with Crippen molar-refractivity contribution in [3.63, 3.8) is 0 Å². The van der Waals surface area contributed by atoms with Crippen molar-refractivity contribution in [1.82, 2.24) is 20.3 Å². The van der Waals surface area contributed by atoms with E-state index in [9.17, 15) is 19.5 Å². The van der Waals surface area contributed by atoms with Crippen molar-refractivity contribution in [3.05, 3.63) is 70.5 Å². The van der Waals surface area contributed by atoms with E-state index in [4.69, 9.17) is 0 Å². The molecule has 0 saturated carbocycles. The van der Waals surface area contributed by atoms with Crippen molar-refractivity contribution in [3.8, 4) is 0 Å². The molecule has 8 heteroatoms. The third-order valence-corrected chi connectivity index (χ3v) is 4.77. The van der Waals surface area contributed by atoms with Crippen LogP contribution in [0.5, 0.6) is 0 Å². The minimum Gasteiger partial charge on any atom is -0.548 e. The van der Waals surface area contributed by atoms with Gasteiger partial charge in [-0.3, -0.25) is 9.59 Å². The minimum atomic E-state index is -1.37. The van der Waals surface area contributed by atoms with E-state index in [1.54, 1.807) is 24.3 Å². The topological polar surface area (TPSA) is 117 Å². The SMILES string of the molecule is CC(C)C[C@H](NC(=O)[C@H](Cc1ccccc1)n1nnc2ccccc2c1=O)C(=O)[O-]. The zero-order chi connectivity index (χ0) is 21.7. The maximum Gasteiger partial charge on any atom is 0.278 e. The number of carbonyl (C=O) groups is 2. The molecule has 1 N–H and O–H groups in total. The number of rotatable bonds is 8. The molecule has 0 spiro atoms. The third kappa shape index (κ3) is 4.89. The van der Waals surface area contributed by atoms with Gasteiger partial charge in [-0.05, 0) is 30.0 Å². The second-order valence-electron chi connectivity index (χ2n) is 7.57. The van der Waals surface area contributed by atoms with Crippen LogP contribution in [-0.2, 0) is 16.0 Å². The number of nitrogens with zero attached hydrogens (tertiary/aromatic N) is 3. The molecule has 0 bridgehead atoms. The first-order valence-electron chi connectivity index (χ1n) is 9.76. The molecule has 0 aliphatic rings. The monoisotopic (exact) mass is 407 g/mol. The quantitative estimate of drug-likeness (QED) is 0.592. The van der Waals surface area contributed by atoms with Gasteiger partial charge < -0.3 is 15.2 Å². The Bertz CT molecular complexity index is 1090. The number of hydrogen-bond acceptors (Lipinski definition) is 6. The summed E-state index contributed by atoms with van der Waals surface area (Å²) in [5.41, 5.74) is 0.754. The van der Waals surface area contributed by atoms with E-state index < -0.39 is 29.5 Å². The Morgan fingerprint density at radius 1 is 1.07 bits per heavy atom. The van der Waals surface area contributed by atoms with Crippen LogP contribution in [0.3, 0.4) is 0 Å². The zero-order valence-corrected chi connectivity index (χ0v) is 16.8. The maximum atomic E-state index is 13.1. The van der Waals surface area contributed by atoms with Gasteiger partial charge in [-0.15, -0.1) is 5.10 Å². The molecule has 0 saturated heterocycles. The Hall–Kier alpha value is -3.55. The fourth-order valence-corrected chi connectivity index (χ4v) is 3.29. The average molecular weight is 407 g/mol. The number of amides is 1. The van der Waals surface area contributed by atoms with Crippen LogP contribution < -0.4 is 16.0 Å². The first-order chi connectivity index (χ1) is 14.4. The first kappa shape index (κ1) is 21.2. The highest BCUT2D eigenvalue weighted by Crippen LogP contribution is 2.15. The number of carboxylic acids is 1. The summed E-state index contributed by atoms with van der Waals surface area (Å²) in [5, 5.41) is 22.4. The number of fused-ring (bicyclic) bond motifs is 1. The van der Waals surface area contributed by atoms with Gasteiger partial charge in [-0.2, -0.15) is 4.68 Å². The molecule has 1 amide bonds. The van der Waals surface area contributed by atoms with Crippen molar-refractivity contribution in [2.24, 2.45) is 5.92 Å². The average Bonchev–Trinajstić information content (AvgIpc) is 2.72. The van der Waals surface area contributed by atoms with E-state index in [-0.39, 0.29) is 18.8 Å². The molecular weight excluding hydrogens is 384 g/mol. The van der Waals surface area contributed by atoms with Crippen molar-refractivity contribution in [2.45, 2.75) is 38.8 Å². The highest BCUT2D eigenvalue weighted by Gasteiger charge is 2.27. The molecule has 0 unspecified atom stereocenters. The van der Waals surface area contributed by atoms with E-state index in [1.165, 1.54) is 0 Å². The summed E-state index contributed by atoms with van der Waals surface area (Å²) in [6.45, 7) is 3.70. The Labute approximate surface area is 173 Å². The van der Waals surface area contributed by atoms with Crippen molar-refractivity contribution >= 4 is 22.8 Å². The molecule has 2 aromatic carbocycles. The predicted octanol–water partition coefficient (Wildman–Crippen LogP) is 0.856. The van der Waals surface area contributed by atoms with Gasteiger partial charge in [0.05, 0.1) is 17.4 Å². The van der Waals surface area contributed by atoms with Crippen LogP contribution in [0, 0.1) is 5.92 Å². The molecule has 8 nitrogen and oxygen atoms in total. The standard InChI is InChI=1S/C22H24N4O4/c1-14(2)12-18(22(29)30)23-20(27)19(13-15-8-4-3-5-9-15)26-21(28)16-10-6-7-11-17(16)24-25-26/h3-11,14,18-19H,12-13H2,1-2H3,(H,23,27)(H,29,30)/p-1/t18-,19-/m0/s1. The highest BCUT2D eigenvalue weighted by atomic mass is 16.4. The lowest BCUT2D eigenvalue weighted by Gasteiger charge is -2.25. The number of carboxylic acid groups (broad SMARTS) is 1. The maximum absolute atomic E-state index is 13.1. The molecule has 0 radical (unpaired) electrons. The van der Waals surface area contributed by atoms with Crippen LogP contribution in [0.25, 0.3) is 10.9 Å². The lowest BCUT2D eigenvalue weighted by Crippen LogP contribution is -2.51. The van der Waals surface area contributed by atoms with Crippen LogP contribution in [0.2, 0.25) is 0 Å². The molecule has 2 atom stereocenters. The smallest absolute Gasteiger partial charge is 0.278 e. The molecule has 1 aromatic heterocycles. The summed E-state index contributed by atoms with van der Waals surface area (Å²) in [4.78, 5) is 37.6. The molecule has 0 aliphatic heterocycles. The normalized spacial score (nSPS) is 13.2. The van der Waals surface area contributed by atoms with Crippen molar-refractivity contribution < 1.29 is 14.7 Å². The van der Waals surface area contributed by atoms with E-state index in [2.05, 4.69) is 15.6 Å². The molecule has 3 aromatic rings. The highest BCUT2D eigenvalue weighted by molar-refractivity contribution is 5.86. The molecule has 0 aliphatic carbocycles. The first-order valence-corrected chi connectivity index (χ1v) is 9.76. The Morgan fingerprint density at radius 2 is 1.73 bits per heavy atom. The number of aliphatic carboxylic acids is 1. The van der Waals surface area contributed by atoms with Crippen LogP contribution in [0.4, 0.5) is 0 Å². The number of hydrogen-bond donors (Lipinski definition) is 1. The number of aromatic nitrogens is 3. The second kappa shape index (κ2) is 9.30. The van der Waals surface area contributed by atoms with E-state index in [0.717, 1.165) is 10.2 Å². The van der Waals surface area contributed by atoms with Gasteiger partial charge >= 0.3 is 0 Å². The summed E-state index contributed by atoms with van der Waals surface area (Å²) in [6.07, 6.45) is 0.367. The molecule has 1 heterocycles. The van der Waals surface area contributed by atoms with Crippen LogP contribution in [-0.4, -0.2) is 32.9 Å². The molecule has 0 fully saturated rings. The van der Waals surface area contributed by atoms with Crippen LogP contribution in [0.1, 0.15) is 31.9 Å². The number of nitrogens with one attached hydrogen (secondary N) is 1. The molecule has 30 heavy (non-hydrogen) atoms. The van der Waals surface area contributed by atoms with Gasteiger partial charge in [0.1, 0.15) is 11.6 Å². The van der Waals surface area contributed by atoms with Crippen molar-refractivity contribution in [1.29, 1.82) is 0 Å². The van der Waals surface area contributed by atoms with Gasteiger partial charge in [-0.25, -0.2) is 0 Å². The van der Waals surface area contributed by atoms with E-state index >= 15 is 0 Å². The molecule has 156 valence electrons. The van der Waals surface area contributed by atoms with E-state index in [0.29, 0.717) is 10.9 Å². The Balaban J connectivity index is 2.00. The second-order valence-corrected chi connectivity index (χ2v) is 7.57. The lowest BCUT2D eigenvalue weighted by atomic mass is 10.0. The summed E-state index contributed by atoms with van der Waals surface area (Å²) in [7, 11) is 0. The zero-order valence-electron chi connectivity index (χ0n) is 16.8. The summed E-state index contributed by atoms with van der Waals surface area (Å²) < 4.78 is 1.02. The van der Waals surface area contributed by atoms with Gasteiger partial charge in [-0.1, -0.05) is 61.5 Å². The number of benzene rings is 2. The van der Waals surface area contributed by atoms with Crippen LogP contribution in [0.15, 0.2) is 59.4 Å². The van der Waals surface area contributed by atoms with E-state index in [1.807, 2.05) is 44.2 Å². The van der Waals surface area contributed by atoms with Gasteiger partial charge in [0, 0.05) is 6.42 Å². The minimum absolute atomic E-state index is 0.0314. The largest absolute Gasteiger partial charge is 0.548 e. The molecular formula is C22H23N4O4-. The predicted molar refractivity (Wildman–Crippen MR) is 109 cm³/mol. The summed E-state index contributed by atoms with van der Waals surface area (Å²) in [5.74, 6) is -1.96. The van der Waals surface area contributed by atoms with Gasteiger partial charge in [0.15, 0.2) is 0 Å².